The molecular formula is C13H16N2O4. The van der Waals surface area contributed by atoms with Gasteiger partial charge in [0.05, 0.1) is 12.2 Å². The highest BCUT2D eigenvalue weighted by molar-refractivity contribution is 6.00. The average molecular weight is 264 g/mol. The van der Waals surface area contributed by atoms with Gasteiger partial charge in [0, 0.05) is 12.3 Å². The molecule has 6 nitrogen and oxygen atoms in total. The zero-order valence-corrected chi connectivity index (χ0v) is 10.6. The molecule has 1 aromatic carbocycles. The molecule has 1 amide bonds. The normalized spacial score (nSPS) is 22.2. The summed E-state index contributed by atoms with van der Waals surface area (Å²) < 4.78 is 5.13. The van der Waals surface area contributed by atoms with Crippen molar-refractivity contribution in [2.75, 3.05) is 18.5 Å². The summed E-state index contributed by atoms with van der Waals surface area (Å²) in [7, 11) is 0. The third-order valence-corrected chi connectivity index (χ3v) is 3.24. The maximum absolute atomic E-state index is 12.1. The highest BCUT2D eigenvalue weighted by Crippen LogP contribution is 2.21. The molecule has 1 fully saturated rings. The van der Waals surface area contributed by atoms with Crippen LogP contribution in [0.5, 0.6) is 0 Å². The number of carbonyl (C=O) groups is 2. The molecule has 4 N–H and O–H groups in total. The fourth-order valence-corrected chi connectivity index (χ4v) is 1.90. The zero-order chi connectivity index (χ0) is 14.0. The van der Waals surface area contributed by atoms with Crippen molar-refractivity contribution in [2.24, 2.45) is 5.73 Å². The number of aryl methyl sites for hydroxylation is 1. The molecule has 6 heteroatoms. The van der Waals surface area contributed by atoms with Crippen molar-refractivity contribution >= 4 is 17.6 Å². The smallest absolute Gasteiger partial charge is 0.335 e. The number of nitrogens with one attached hydrogen (secondary N) is 1. The Labute approximate surface area is 110 Å². The van der Waals surface area contributed by atoms with Crippen LogP contribution < -0.4 is 11.1 Å². The number of benzene rings is 1. The van der Waals surface area contributed by atoms with E-state index in [1.165, 1.54) is 12.1 Å². The predicted octanol–water partition coefficient (Wildman–Crippen LogP) is 0.750. The molecule has 1 aromatic rings. The van der Waals surface area contributed by atoms with E-state index in [4.69, 9.17) is 15.6 Å². The second-order valence-electron chi connectivity index (χ2n) is 4.75. The molecule has 0 aromatic heterocycles. The molecule has 0 saturated carbocycles. The summed E-state index contributed by atoms with van der Waals surface area (Å²) in [6.45, 7) is 2.42. The average Bonchev–Trinajstić information content (AvgIpc) is 2.80. The van der Waals surface area contributed by atoms with Gasteiger partial charge in [0.15, 0.2) is 0 Å². The number of carboxylic acid groups (broad SMARTS) is 1. The molecule has 1 saturated heterocycles. The molecule has 0 spiro atoms. The topological polar surface area (TPSA) is 102 Å². The molecule has 0 bridgehead atoms. The van der Waals surface area contributed by atoms with Gasteiger partial charge in [-0.2, -0.15) is 0 Å². The van der Waals surface area contributed by atoms with Gasteiger partial charge in [0.1, 0.15) is 5.54 Å². The van der Waals surface area contributed by atoms with Crippen LogP contribution in [0.15, 0.2) is 18.2 Å². The first-order valence-electron chi connectivity index (χ1n) is 5.94. The first-order valence-corrected chi connectivity index (χ1v) is 5.94. The fourth-order valence-electron chi connectivity index (χ4n) is 1.90. The minimum absolute atomic E-state index is 0.120. The lowest BCUT2D eigenvalue weighted by Gasteiger charge is -2.21. The molecule has 0 radical (unpaired) electrons. The molecule has 1 aliphatic heterocycles. The van der Waals surface area contributed by atoms with E-state index in [2.05, 4.69) is 5.32 Å². The van der Waals surface area contributed by atoms with Crippen LogP contribution in [0.2, 0.25) is 0 Å². The lowest BCUT2D eigenvalue weighted by atomic mass is 9.98. The lowest BCUT2D eigenvalue weighted by molar-refractivity contribution is -0.121. The van der Waals surface area contributed by atoms with Crippen molar-refractivity contribution in [3.8, 4) is 0 Å². The molecule has 102 valence electrons. The van der Waals surface area contributed by atoms with E-state index < -0.39 is 11.5 Å². The predicted molar refractivity (Wildman–Crippen MR) is 69.1 cm³/mol. The van der Waals surface area contributed by atoms with Gasteiger partial charge >= 0.3 is 5.97 Å². The lowest BCUT2D eigenvalue weighted by Crippen LogP contribution is -2.51. The monoisotopic (exact) mass is 264 g/mol. The van der Waals surface area contributed by atoms with Crippen LogP contribution in [0, 0.1) is 6.92 Å². The summed E-state index contributed by atoms with van der Waals surface area (Å²) in [5, 5.41) is 11.6. The SMILES string of the molecule is Cc1ccc(C(=O)O)cc1NC(=O)C1(N)CCOC1. The standard InChI is InChI=1S/C13H16N2O4/c1-8-2-3-9(11(16)17)6-10(8)15-12(18)13(14)4-5-19-7-13/h2-3,6H,4-5,7,14H2,1H3,(H,15,18)(H,16,17). The van der Waals surface area contributed by atoms with E-state index >= 15 is 0 Å². The summed E-state index contributed by atoms with van der Waals surface area (Å²) in [5.74, 6) is -1.39. The van der Waals surface area contributed by atoms with Gasteiger partial charge in [-0.3, -0.25) is 4.79 Å². The minimum Gasteiger partial charge on any atom is -0.478 e. The number of nitrogens with two attached hydrogens (primary N) is 1. The van der Waals surface area contributed by atoms with Crippen LogP contribution >= 0.6 is 0 Å². The number of hydrogen-bond donors (Lipinski definition) is 3. The number of rotatable bonds is 3. The maximum atomic E-state index is 12.1. The summed E-state index contributed by atoms with van der Waals surface area (Å²) >= 11 is 0. The van der Waals surface area contributed by atoms with E-state index in [1.54, 1.807) is 13.0 Å². The third kappa shape index (κ3) is 2.74. The Kier molecular flexibility index (Phi) is 3.55. The number of carboxylic acids is 1. The number of aromatic carboxylic acids is 1. The highest BCUT2D eigenvalue weighted by atomic mass is 16.5. The molecule has 1 unspecified atom stereocenters. The van der Waals surface area contributed by atoms with Crippen LogP contribution in [0.25, 0.3) is 0 Å². The summed E-state index contributed by atoms with van der Waals surface area (Å²) in [5.41, 5.74) is 6.27. The van der Waals surface area contributed by atoms with E-state index in [1.807, 2.05) is 0 Å². The van der Waals surface area contributed by atoms with Crippen LogP contribution in [0.4, 0.5) is 5.69 Å². The highest BCUT2D eigenvalue weighted by Gasteiger charge is 2.38. The number of hydrogen-bond acceptors (Lipinski definition) is 4. The minimum atomic E-state index is -1.04. The van der Waals surface area contributed by atoms with Crippen LogP contribution in [-0.2, 0) is 9.53 Å². The first-order chi connectivity index (χ1) is 8.92. The number of carbonyl (C=O) groups excluding carboxylic acids is 1. The summed E-state index contributed by atoms with van der Waals surface area (Å²) in [6, 6.07) is 4.56. The zero-order valence-electron chi connectivity index (χ0n) is 10.6. The fraction of sp³-hybridized carbons (Fsp3) is 0.385. The summed E-state index contributed by atoms with van der Waals surface area (Å²) in [6.07, 6.45) is 0.455. The van der Waals surface area contributed by atoms with E-state index in [0.717, 1.165) is 5.56 Å². The molecule has 1 heterocycles. The number of amides is 1. The van der Waals surface area contributed by atoms with Crippen LogP contribution in [-0.4, -0.2) is 35.7 Å². The second-order valence-corrected chi connectivity index (χ2v) is 4.75. The molecule has 1 aliphatic rings. The van der Waals surface area contributed by atoms with Gasteiger partial charge in [0.2, 0.25) is 5.91 Å². The first kappa shape index (κ1) is 13.5. The Bertz CT molecular complexity index is 521. The van der Waals surface area contributed by atoms with Gasteiger partial charge in [-0.25, -0.2) is 4.79 Å². The van der Waals surface area contributed by atoms with Crippen molar-refractivity contribution in [3.63, 3.8) is 0 Å². The van der Waals surface area contributed by atoms with Crippen molar-refractivity contribution < 1.29 is 19.4 Å². The van der Waals surface area contributed by atoms with Gasteiger partial charge in [0.25, 0.3) is 0 Å². The van der Waals surface area contributed by atoms with Gasteiger partial charge < -0.3 is 20.9 Å². The molecule has 1 atom stereocenters. The van der Waals surface area contributed by atoms with E-state index in [9.17, 15) is 9.59 Å². The van der Waals surface area contributed by atoms with Gasteiger partial charge in [-0.1, -0.05) is 6.07 Å². The Hall–Kier alpha value is -1.92. The third-order valence-electron chi connectivity index (χ3n) is 3.24. The van der Waals surface area contributed by atoms with Gasteiger partial charge in [-0.05, 0) is 31.0 Å². The Balaban J connectivity index is 2.20. The second kappa shape index (κ2) is 4.99. The molecular weight excluding hydrogens is 248 g/mol. The number of anilines is 1. The van der Waals surface area contributed by atoms with E-state index in [0.29, 0.717) is 18.7 Å². The molecule has 2 rings (SSSR count). The largest absolute Gasteiger partial charge is 0.478 e. The Morgan fingerprint density at radius 1 is 1.47 bits per heavy atom. The van der Waals surface area contributed by atoms with Crippen molar-refractivity contribution in [1.82, 2.24) is 0 Å². The molecule has 19 heavy (non-hydrogen) atoms. The Morgan fingerprint density at radius 3 is 2.79 bits per heavy atom. The quantitative estimate of drug-likeness (QED) is 0.747. The van der Waals surface area contributed by atoms with Crippen molar-refractivity contribution in [2.45, 2.75) is 18.9 Å². The van der Waals surface area contributed by atoms with Crippen molar-refractivity contribution in [3.05, 3.63) is 29.3 Å². The van der Waals surface area contributed by atoms with Gasteiger partial charge in [-0.15, -0.1) is 0 Å². The van der Waals surface area contributed by atoms with Crippen LogP contribution in [0.3, 0.4) is 0 Å². The van der Waals surface area contributed by atoms with Crippen LogP contribution in [0.1, 0.15) is 22.3 Å². The van der Waals surface area contributed by atoms with Crippen molar-refractivity contribution in [1.29, 1.82) is 0 Å². The maximum Gasteiger partial charge on any atom is 0.335 e. The molecule has 0 aliphatic carbocycles. The Morgan fingerprint density at radius 2 is 2.21 bits per heavy atom. The number of ether oxygens (including phenoxy) is 1. The summed E-state index contributed by atoms with van der Waals surface area (Å²) in [4.78, 5) is 23.0. The van der Waals surface area contributed by atoms with E-state index in [-0.39, 0.29) is 18.1 Å².